The zero-order chi connectivity index (χ0) is 14.9. The maximum Gasteiger partial charge on any atom is 0.225 e. The van der Waals surface area contributed by atoms with Gasteiger partial charge in [-0.15, -0.1) is 0 Å². The second-order valence-corrected chi connectivity index (χ2v) is 7.25. The van der Waals surface area contributed by atoms with Gasteiger partial charge in [-0.1, -0.05) is 15.9 Å². The SMILES string of the molecule is Brc1ccc2nc(N3CCC(N4CCCC4)CC3)ncc2c1. The molecule has 2 saturated heterocycles. The minimum atomic E-state index is 0.773. The maximum atomic E-state index is 4.74. The minimum absolute atomic E-state index is 0.773. The number of rotatable bonds is 2. The molecule has 1 aromatic carbocycles. The lowest BCUT2D eigenvalue weighted by atomic mass is 10.0. The highest BCUT2D eigenvalue weighted by Gasteiger charge is 2.27. The van der Waals surface area contributed by atoms with Gasteiger partial charge in [0.2, 0.25) is 5.95 Å². The van der Waals surface area contributed by atoms with Crippen molar-refractivity contribution in [2.24, 2.45) is 0 Å². The molecule has 116 valence electrons. The summed E-state index contributed by atoms with van der Waals surface area (Å²) in [6, 6.07) is 6.94. The summed E-state index contributed by atoms with van der Waals surface area (Å²) < 4.78 is 1.07. The third-order valence-corrected chi connectivity index (χ3v) is 5.43. The number of aromatic nitrogens is 2. The molecule has 22 heavy (non-hydrogen) atoms. The van der Waals surface area contributed by atoms with Crippen LogP contribution < -0.4 is 4.90 Å². The average molecular weight is 361 g/mol. The standard InChI is InChI=1S/C17H21BrN4/c18-14-3-4-16-13(11-14)12-19-17(20-16)22-9-5-15(6-10-22)21-7-1-2-8-21/h3-4,11-12,15H,1-2,5-10H2. The van der Waals surface area contributed by atoms with Gasteiger partial charge < -0.3 is 9.80 Å². The smallest absolute Gasteiger partial charge is 0.225 e. The molecule has 0 spiro atoms. The molecule has 4 rings (SSSR count). The largest absolute Gasteiger partial charge is 0.341 e. The Hall–Kier alpha value is -1.20. The van der Waals surface area contributed by atoms with Crippen LogP contribution in [-0.4, -0.2) is 47.1 Å². The van der Waals surface area contributed by atoms with Gasteiger partial charge in [0.25, 0.3) is 0 Å². The van der Waals surface area contributed by atoms with E-state index in [4.69, 9.17) is 4.98 Å². The summed E-state index contributed by atoms with van der Waals surface area (Å²) in [4.78, 5) is 14.3. The van der Waals surface area contributed by atoms with Crippen LogP contribution in [0.5, 0.6) is 0 Å². The molecule has 0 atom stereocenters. The Bertz CT molecular complexity index is 661. The van der Waals surface area contributed by atoms with Crippen LogP contribution in [0.2, 0.25) is 0 Å². The Morgan fingerprint density at radius 3 is 2.59 bits per heavy atom. The molecule has 0 radical (unpaired) electrons. The molecular weight excluding hydrogens is 340 g/mol. The number of hydrogen-bond donors (Lipinski definition) is 0. The molecule has 0 unspecified atom stereocenters. The van der Waals surface area contributed by atoms with Crippen molar-refractivity contribution in [2.45, 2.75) is 31.7 Å². The van der Waals surface area contributed by atoms with Crippen LogP contribution in [0, 0.1) is 0 Å². The highest BCUT2D eigenvalue weighted by Crippen LogP contribution is 2.24. The van der Waals surface area contributed by atoms with Crippen molar-refractivity contribution in [3.05, 3.63) is 28.9 Å². The molecule has 2 fully saturated rings. The first-order valence-corrected chi connectivity index (χ1v) is 9.00. The van der Waals surface area contributed by atoms with E-state index in [1.54, 1.807) is 0 Å². The monoisotopic (exact) mass is 360 g/mol. The van der Waals surface area contributed by atoms with Crippen LogP contribution in [0.3, 0.4) is 0 Å². The molecule has 0 saturated carbocycles. The van der Waals surface area contributed by atoms with Gasteiger partial charge in [0.1, 0.15) is 0 Å². The van der Waals surface area contributed by atoms with Crippen molar-refractivity contribution in [1.29, 1.82) is 0 Å². The van der Waals surface area contributed by atoms with E-state index >= 15 is 0 Å². The predicted molar refractivity (Wildman–Crippen MR) is 93.3 cm³/mol. The van der Waals surface area contributed by atoms with E-state index in [-0.39, 0.29) is 0 Å². The fourth-order valence-electron chi connectivity index (χ4n) is 3.68. The molecular formula is C17H21BrN4. The van der Waals surface area contributed by atoms with Gasteiger partial charge in [0.05, 0.1) is 5.52 Å². The Labute approximate surface area is 139 Å². The van der Waals surface area contributed by atoms with Crippen molar-refractivity contribution in [3.8, 4) is 0 Å². The lowest BCUT2D eigenvalue weighted by molar-refractivity contribution is 0.207. The zero-order valence-corrected chi connectivity index (χ0v) is 14.3. The quantitative estimate of drug-likeness (QED) is 0.820. The normalized spacial score (nSPS) is 20.9. The summed E-state index contributed by atoms with van der Waals surface area (Å²) in [6.07, 6.45) is 7.17. The Morgan fingerprint density at radius 2 is 1.82 bits per heavy atom. The molecule has 0 aliphatic carbocycles. The van der Waals surface area contributed by atoms with Gasteiger partial charge in [-0.3, -0.25) is 0 Å². The van der Waals surface area contributed by atoms with Crippen molar-refractivity contribution in [1.82, 2.24) is 14.9 Å². The second-order valence-electron chi connectivity index (χ2n) is 6.33. The summed E-state index contributed by atoms with van der Waals surface area (Å²) in [5.41, 5.74) is 1.02. The first-order valence-electron chi connectivity index (χ1n) is 8.21. The number of fused-ring (bicyclic) bond motifs is 1. The predicted octanol–water partition coefficient (Wildman–Crippen LogP) is 3.46. The zero-order valence-electron chi connectivity index (χ0n) is 12.7. The summed E-state index contributed by atoms with van der Waals surface area (Å²) in [5, 5.41) is 1.09. The van der Waals surface area contributed by atoms with E-state index in [1.165, 1.54) is 38.8 Å². The summed E-state index contributed by atoms with van der Waals surface area (Å²) in [6.45, 7) is 4.74. The van der Waals surface area contributed by atoms with Crippen molar-refractivity contribution in [2.75, 3.05) is 31.1 Å². The molecule has 2 aliphatic heterocycles. The third-order valence-electron chi connectivity index (χ3n) is 4.93. The maximum absolute atomic E-state index is 4.74. The molecule has 3 heterocycles. The van der Waals surface area contributed by atoms with Crippen molar-refractivity contribution < 1.29 is 0 Å². The summed E-state index contributed by atoms with van der Waals surface area (Å²) in [7, 11) is 0. The van der Waals surface area contributed by atoms with Crippen LogP contribution >= 0.6 is 15.9 Å². The fourth-order valence-corrected chi connectivity index (χ4v) is 4.06. The molecule has 2 aliphatic rings. The van der Waals surface area contributed by atoms with Gasteiger partial charge in [-0.2, -0.15) is 0 Å². The molecule has 0 N–H and O–H groups in total. The van der Waals surface area contributed by atoms with Gasteiger partial charge >= 0.3 is 0 Å². The Kier molecular flexibility index (Phi) is 4.01. The minimum Gasteiger partial charge on any atom is -0.341 e. The Morgan fingerprint density at radius 1 is 1.05 bits per heavy atom. The number of halogens is 1. The van der Waals surface area contributed by atoms with Gasteiger partial charge in [-0.25, -0.2) is 9.97 Å². The molecule has 2 aromatic rings. The van der Waals surface area contributed by atoms with E-state index in [1.807, 2.05) is 12.3 Å². The van der Waals surface area contributed by atoms with E-state index in [0.717, 1.165) is 40.5 Å². The van der Waals surface area contributed by atoms with Gasteiger partial charge in [0, 0.05) is 35.2 Å². The highest BCUT2D eigenvalue weighted by molar-refractivity contribution is 9.10. The lowest BCUT2D eigenvalue weighted by Crippen LogP contribution is -2.44. The molecule has 1 aromatic heterocycles. The third kappa shape index (κ3) is 2.84. The highest BCUT2D eigenvalue weighted by atomic mass is 79.9. The first-order chi connectivity index (χ1) is 10.8. The number of piperidine rings is 1. The van der Waals surface area contributed by atoms with Crippen LogP contribution in [0.25, 0.3) is 10.9 Å². The van der Waals surface area contributed by atoms with Crippen LogP contribution in [0.1, 0.15) is 25.7 Å². The topological polar surface area (TPSA) is 32.3 Å². The molecule has 4 nitrogen and oxygen atoms in total. The number of hydrogen-bond acceptors (Lipinski definition) is 4. The number of benzene rings is 1. The molecule has 5 heteroatoms. The average Bonchev–Trinajstić information content (AvgIpc) is 3.09. The molecule has 0 amide bonds. The second kappa shape index (κ2) is 6.13. The summed E-state index contributed by atoms with van der Waals surface area (Å²) in [5.74, 6) is 0.884. The van der Waals surface area contributed by atoms with E-state index < -0.39 is 0 Å². The van der Waals surface area contributed by atoms with Crippen LogP contribution in [0.4, 0.5) is 5.95 Å². The van der Waals surface area contributed by atoms with Gasteiger partial charge in [0.15, 0.2) is 0 Å². The molecule has 0 bridgehead atoms. The summed E-state index contributed by atoms with van der Waals surface area (Å²) >= 11 is 3.50. The van der Waals surface area contributed by atoms with Crippen LogP contribution in [-0.2, 0) is 0 Å². The van der Waals surface area contributed by atoms with Crippen molar-refractivity contribution in [3.63, 3.8) is 0 Å². The van der Waals surface area contributed by atoms with Crippen LogP contribution in [0.15, 0.2) is 28.9 Å². The first kappa shape index (κ1) is 14.4. The van der Waals surface area contributed by atoms with E-state index in [9.17, 15) is 0 Å². The van der Waals surface area contributed by atoms with Crippen molar-refractivity contribution >= 4 is 32.8 Å². The number of likely N-dealkylation sites (tertiary alicyclic amines) is 1. The van der Waals surface area contributed by atoms with Gasteiger partial charge in [-0.05, 0) is 57.0 Å². The number of nitrogens with zero attached hydrogens (tertiary/aromatic N) is 4. The lowest BCUT2D eigenvalue weighted by Gasteiger charge is -2.36. The van der Waals surface area contributed by atoms with E-state index in [2.05, 4.69) is 42.8 Å². The Balaban J connectivity index is 1.47. The fraction of sp³-hybridized carbons (Fsp3) is 0.529. The van der Waals surface area contributed by atoms with E-state index in [0.29, 0.717) is 0 Å². The number of anilines is 1.